The Morgan fingerprint density at radius 3 is 2.46 bits per heavy atom. The van der Waals surface area contributed by atoms with Crippen molar-refractivity contribution in [3.8, 4) is 0 Å². The number of carbonyl (C=O) groups is 1. The Morgan fingerprint density at radius 1 is 1.07 bits per heavy atom. The van der Waals surface area contributed by atoms with Crippen molar-refractivity contribution in [3.63, 3.8) is 0 Å². The summed E-state index contributed by atoms with van der Waals surface area (Å²) < 4.78 is 0. The molecule has 4 heterocycles. The second kappa shape index (κ2) is 8.31. The standard InChI is InChI=1S/C20H30N6OS/c1-4-5-24-8-12-26(13-9-24)20(27)17-15(2)16-18(21-14-22-19(16)28-17)25-10-6-23(3)7-11-25/h14H,4-13H2,1-3H3. The Hall–Kier alpha value is -1.77. The van der Waals surface area contributed by atoms with E-state index in [9.17, 15) is 4.79 Å². The van der Waals surface area contributed by atoms with Crippen molar-refractivity contribution < 1.29 is 4.79 Å². The van der Waals surface area contributed by atoms with Crippen LogP contribution in [0.4, 0.5) is 5.82 Å². The zero-order chi connectivity index (χ0) is 19.7. The SMILES string of the molecule is CCCN1CCN(C(=O)c2sc3ncnc(N4CCN(C)CC4)c3c2C)CC1. The molecule has 0 N–H and O–H groups in total. The largest absolute Gasteiger partial charge is 0.353 e. The van der Waals surface area contributed by atoms with Gasteiger partial charge >= 0.3 is 0 Å². The zero-order valence-electron chi connectivity index (χ0n) is 17.1. The highest BCUT2D eigenvalue weighted by molar-refractivity contribution is 7.20. The molecule has 1 amide bonds. The normalized spacial score (nSPS) is 19.5. The molecule has 2 saturated heterocycles. The van der Waals surface area contributed by atoms with Gasteiger partial charge < -0.3 is 14.7 Å². The molecule has 152 valence electrons. The third kappa shape index (κ3) is 3.73. The summed E-state index contributed by atoms with van der Waals surface area (Å²) in [6, 6.07) is 0. The Balaban J connectivity index is 1.58. The smallest absolute Gasteiger partial charge is 0.264 e. The van der Waals surface area contributed by atoms with Gasteiger partial charge in [-0.05, 0) is 32.5 Å². The molecule has 0 bridgehead atoms. The van der Waals surface area contributed by atoms with Crippen molar-refractivity contribution in [2.24, 2.45) is 0 Å². The van der Waals surface area contributed by atoms with Gasteiger partial charge in [-0.2, -0.15) is 0 Å². The van der Waals surface area contributed by atoms with E-state index in [1.54, 1.807) is 6.33 Å². The summed E-state index contributed by atoms with van der Waals surface area (Å²) in [4.78, 5) is 33.2. The van der Waals surface area contributed by atoms with Crippen LogP contribution in [0.2, 0.25) is 0 Å². The minimum atomic E-state index is 0.154. The molecular formula is C20H30N6OS. The number of thiophene rings is 1. The van der Waals surface area contributed by atoms with Crippen LogP contribution in [-0.2, 0) is 0 Å². The quantitative estimate of drug-likeness (QED) is 0.779. The monoisotopic (exact) mass is 402 g/mol. The van der Waals surface area contributed by atoms with Crippen LogP contribution in [0, 0.1) is 6.92 Å². The van der Waals surface area contributed by atoms with Gasteiger partial charge in [0.2, 0.25) is 0 Å². The van der Waals surface area contributed by atoms with Gasteiger partial charge in [-0.15, -0.1) is 11.3 Å². The van der Waals surface area contributed by atoms with Crippen LogP contribution in [0.3, 0.4) is 0 Å². The lowest BCUT2D eigenvalue weighted by Gasteiger charge is -2.34. The van der Waals surface area contributed by atoms with E-state index in [-0.39, 0.29) is 5.91 Å². The fraction of sp³-hybridized carbons (Fsp3) is 0.650. The lowest BCUT2D eigenvalue weighted by Crippen LogP contribution is -2.48. The summed E-state index contributed by atoms with van der Waals surface area (Å²) in [6.07, 6.45) is 2.81. The predicted molar refractivity (Wildman–Crippen MR) is 114 cm³/mol. The van der Waals surface area contributed by atoms with Crippen LogP contribution in [0.25, 0.3) is 10.2 Å². The maximum Gasteiger partial charge on any atom is 0.264 e. The summed E-state index contributed by atoms with van der Waals surface area (Å²) in [5.74, 6) is 1.14. The van der Waals surface area contributed by atoms with Crippen LogP contribution in [0.15, 0.2) is 6.33 Å². The van der Waals surface area contributed by atoms with E-state index in [2.05, 4.69) is 45.6 Å². The van der Waals surface area contributed by atoms with E-state index in [0.717, 1.165) is 91.8 Å². The number of rotatable bonds is 4. The maximum atomic E-state index is 13.2. The molecule has 0 unspecified atom stereocenters. The van der Waals surface area contributed by atoms with Crippen LogP contribution in [-0.4, -0.2) is 96.5 Å². The Morgan fingerprint density at radius 2 is 1.79 bits per heavy atom. The summed E-state index contributed by atoms with van der Waals surface area (Å²) >= 11 is 1.52. The van der Waals surface area contributed by atoms with Crippen LogP contribution in [0.1, 0.15) is 28.6 Å². The molecule has 7 nitrogen and oxygen atoms in total. The first-order valence-corrected chi connectivity index (χ1v) is 11.1. The molecule has 2 aliphatic rings. The Bertz CT molecular complexity index is 837. The number of likely N-dealkylation sites (N-methyl/N-ethyl adjacent to an activating group) is 1. The summed E-state index contributed by atoms with van der Waals surface area (Å²) in [5, 5.41) is 1.06. The first-order chi connectivity index (χ1) is 13.6. The van der Waals surface area contributed by atoms with E-state index >= 15 is 0 Å². The van der Waals surface area contributed by atoms with E-state index in [1.165, 1.54) is 11.3 Å². The zero-order valence-corrected chi connectivity index (χ0v) is 18.0. The lowest BCUT2D eigenvalue weighted by molar-refractivity contribution is 0.0642. The molecule has 0 spiro atoms. The topological polar surface area (TPSA) is 55.8 Å². The average Bonchev–Trinajstić information content (AvgIpc) is 3.06. The fourth-order valence-corrected chi connectivity index (χ4v) is 5.26. The third-order valence-electron chi connectivity index (χ3n) is 5.90. The number of carbonyl (C=O) groups excluding carboxylic acids is 1. The van der Waals surface area contributed by atoms with Gasteiger partial charge in [-0.3, -0.25) is 9.69 Å². The Kier molecular flexibility index (Phi) is 5.80. The molecule has 2 aromatic rings. The molecule has 4 rings (SSSR count). The van der Waals surface area contributed by atoms with Crippen molar-refractivity contribution >= 4 is 33.3 Å². The number of aromatic nitrogens is 2. The number of amides is 1. The van der Waals surface area contributed by atoms with Gasteiger partial charge in [0.05, 0.1) is 10.3 Å². The third-order valence-corrected chi connectivity index (χ3v) is 7.09. The molecular weight excluding hydrogens is 372 g/mol. The van der Waals surface area contributed by atoms with Gasteiger partial charge in [0.1, 0.15) is 17.0 Å². The van der Waals surface area contributed by atoms with Crippen molar-refractivity contribution in [2.45, 2.75) is 20.3 Å². The van der Waals surface area contributed by atoms with Crippen LogP contribution < -0.4 is 4.90 Å². The first kappa shape index (κ1) is 19.5. The summed E-state index contributed by atoms with van der Waals surface area (Å²) in [5.41, 5.74) is 1.04. The van der Waals surface area contributed by atoms with Crippen molar-refractivity contribution in [3.05, 3.63) is 16.8 Å². The summed E-state index contributed by atoms with van der Waals surface area (Å²) in [7, 11) is 2.15. The van der Waals surface area contributed by atoms with Crippen LogP contribution in [0.5, 0.6) is 0 Å². The predicted octanol–water partition coefficient (Wildman–Crippen LogP) is 1.92. The highest BCUT2D eigenvalue weighted by Gasteiger charge is 2.27. The van der Waals surface area contributed by atoms with Crippen molar-refractivity contribution in [1.82, 2.24) is 24.7 Å². The van der Waals surface area contributed by atoms with Gasteiger partial charge in [0.25, 0.3) is 5.91 Å². The molecule has 0 saturated carbocycles. The molecule has 2 aliphatic heterocycles. The highest BCUT2D eigenvalue weighted by Crippen LogP contribution is 2.35. The second-order valence-electron chi connectivity index (χ2n) is 7.86. The number of hydrogen-bond donors (Lipinski definition) is 0. The Labute approximate surface area is 170 Å². The number of hydrogen-bond acceptors (Lipinski definition) is 7. The second-order valence-corrected chi connectivity index (χ2v) is 8.86. The molecule has 2 fully saturated rings. The van der Waals surface area contributed by atoms with Crippen molar-refractivity contribution in [1.29, 1.82) is 0 Å². The lowest BCUT2D eigenvalue weighted by atomic mass is 10.1. The van der Waals surface area contributed by atoms with Crippen LogP contribution >= 0.6 is 11.3 Å². The number of fused-ring (bicyclic) bond motifs is 1. The molecule has 8 heteroatoms. The fourth-order valence-electron chi connectivity index (χ4n) is 4.15. The summed E-state index contributed by atoms with van der Waals surface area (Å²) in [6.45, 7) is 12.9. The van der Waals surface area contributed by atoms with E-state index in [1.807, 2.05) is 4.90 Å². The molecule has 28 heavy (non-hydrogen) atoms. The van der Waals surface area contributed by atoms with Gasteiger partial charge in [-0.1, -0.05) is 6.92 Å². The molecule has 2 aromatic heterocycles. The van der Waals surface area contributed by atoms with Crippen molar-refractivity contribution in [2.75, 3.05) is 70.9 Å². The average molecular weight is 403 g/mol. The van der Waals surface area contributed by atoms with E-state index in [4.69, 9.17) is 0 Å². The first-order valence-electron chi connectivity index (χ1n) is 10.3. The van der Waals surface area contributed by atoms with E-state index < -0.39 is 0 Å². The van der Waals surface area contributed by atoms with Gasteiger partial charge in [-0.25, -0.2) is 9.97 Å². The number of nitrogens with zero attached hydrogens (tertiary/aromatic N) is 6. The minimum absolute atomic E-state index is 0.154. The number of piperazine rings is 2. The van der Waals surface area contributed by atoms with Gasteiger partial charge in [0.15, 0.2) is 0 Å². The number of aryl methyl sites for hydroxylation is 1. The van der Waals surface area contributed by atoms with Gasteiger partial charge in [0, 0.05) is 52.4 Å². The molecule has 0 radical (unpaired) electrons. The molecule has 0 atom stereocenters. The minimum Gasteiger partial charge on any atom is -0.353 e. The molecule has 0 aliphatic carbocycles. The van der Waals surface area contributed by atoms with E-state index in [0.29, 0.717) is 0 Å². The molecule has 0 aromatic carbocycles. The maximum absolute atomic E-state index is 13.2. The number of anilines is 1. The highest BCUT2D eigenvalue weighted by atomic mass is 32.1.